The molecule has 0 unspecified atom stereocenters. The number of aromatic nitrogens is 1. The Kier molecular flexibility index (Phi) is 4.52. The van der Waals surface area contributed by atoms with Crippen LogP contribution in [0.3, 0.4) is 0 Å². The third-order valence-corrected chi connectivity index (χ3v) is 2.71. The first-order valence-electron chi connectivity index (χ1n) is 4.43. The molecule has 90 valence electrons. The minimum absolute atomic E-state index is 0.157. The number of carbonyl (C=O) groups excluding carboxylic acids is 1. The van der Waals surface area contributed by atoms with Gasteiger partial charge in [-0.1, -0.05) is 0 Å². The van der Waals surface area contributed by atoms with Crippen LogP contribution >= 0.6 is 15.9 Å². The number of nitrogens with zero attached hydrogens (tertiary/aromatic N) is 2. The van der Waals surface area contributed by atoms with Crippen molar-refractivity contribution >= 4 is 21.9 Å². The normalized spacial score (nSPS) is 10.1. The molecule has 7 heteroatoms. The molecule has 0 aliphatic carbocycles. The van der Waals surface area contributed by atoms with E-state index in [1.165, 1.54) is 7.11 Å². The van der Waals surface area contributed by atoms with Crippen molar-refractivity contribution in [3.63, 3.8) is 0 Å². The lowest BCUT2D eigenvalue weighted by molar-refractivity contribution is -0.139. The summed E-state index contributed by atoms with van der Waals surface area (Å²) in [6, 6.07) is 1.64. The first-order valence-corrected chi connectivity index (χ1v) is 5.22. The summed E-state index contributed by atoms with van der Waals surface area (Å²) in [5.74, 6) is -0.617. The zero-order valence-electron chi connectivity index (χ0n) is 8.71. The van der Waals surface area contributed by atoms with Crippen LogP contribution in [-0.2, 0) is 16.0 Å². The van der Waals surface area contributed by atoms with E-state index in [1.54, 1.807) is 6.07 Å². The van der Waals surface area contributed by atoms with Crippen molar-refractivity contribution in [2.24, 2.45) is 0 Å². The largest absolute Gasteiger partial charge is 0.469 e. The van der Waals surface area contributed by atoms with Gasteiger partial charge in [0.15, 0.2) is 0 Å². The highest BCUT2D eigenvalue weighted by molar-refractivity contribution is 9.10. The van der Waals surface area contributed by atoms with E-state index in [-0.39, 0.29) is 17.5 Å². The molecule has 0 spiro atoms. The predicted octanol–water partition coefficient (Wildman–Crippen LogP) is 2.37. The maximum Gasteiger partial charge on any atom is 0.310 e. The number of carbonyl (C=O) groups is 1. The second kappa shape index (κ2) is 5.68. The number of ether oxygens (including phenoxy) is 1. The van der Waals surface area contributed by atoms with Gasteiger partial charge in [0.25, 0.3) is 6.43 Å². The van der Waals surface area contributed by atoms with Crippen LogP contribution < -0.4 is 0 Å². The van der Waals surface area contributed by atoms with Crippen LogP contribution in [0.1, 0.15) is 23.2 Å². The van der Waals surface area contributed by atoms with Crippen LogP contribution in [0.15, 0.2) is 10.7 Å². The van der Waals surface area contributed by atoms with Gasteiger partial charge in [0.1, 0.15) is 11.8 Å². The number of halogens is 3. The van der Waals surface area contributed by atoms with Crippen molar-refractivity contribution in [1.29, 1.82) is 5.26 Å². The number of methoxy groups -OCH3 is 1. The fraction of sp³-hybridized carbons (Fsp3) is 0.300. The minimum atomic E-state index is -2.87. The number of esters is 1. The standard InChI is InChI=1S/C10H7BrF2N2O2/c1-17-8(16)2-5-6(3-14)9(10(12)13)15-4-7(5)11/h4,10H,2H2,1H3. The van der Waals surface area contributed by atoms with Gasteiger partial charge in [0.05, 0.1) is 19.1 Å². The number of rotatable bonds is 3. The van der Waals surface area contributed by atoms with E-state index in [0.29, 0.717) is 4.47 Å². The first-order chi connectivity index (χ1) is 8.01. The highest BCUT2D eigenvalue weighted by Gasteiger charge is 2.21. The molecule has 17 heavy (non-hydrogen) atoms. The van der Waals surface area contributed by atoms with E-state index in [2.05, 4.69) is 25.7 Å². The van der Waals surface area contributed by atoms with Gasteiger partial charge in [-0.05, 0) is 21.5 Å². The lowest BCUT2D eigenvalue weighted by atomic mass is 10.0. The molecule has 1 aromatic rings. The van der Waals surface area contributed by atoms with E-state index in [0.717, 1.165) is 6.20 Å². The van der Waals surface area contributed by atoms with Gasteiger partial charge in [-0.3, -0.25) is 9.78 Å². The Balaban J connectivity index is 3.32. The smallest absolute Gasteiger partial charge is 0.310 e. The monoisotopic (exact) mass is 304 g/mol. The summed E-state index contributed by atoms with van der Waals surface area (Å²) in [4.78, 5) is 14.6. The fourth-order valence-electron chi connectivity index (χ4n) is 1.22. The van der Waals surface area contributed by atoms with Crippen molar-refractivity contribution < 1.29 is 18.3 Å². The molecule has 0 saturated heterocycles. The van der Waals surface area contributed by atoms with Gasteiger partial charge in [-0.25, -0.2) is 8.78 Å². The molecular weight excluding hydrogens is 298 g/mol. The van der Waals surface area contributed by atoms with Crippen LogP contribution in [0.5, 0.6) is 0 Å². The molecule has 0 aliphatic heterocycles. The average Bonchev–Trinajstić information content (AvgIpc) is 2.30. The van der Waals surface area contributed by atoms with Gasteiger partial charge >= 0.3 is 5.97 Å². The molecule has 1 heterocycles. The Morgan fingerprint density at radius 1 is 1.71 bits per heavy atom. The van der Waals surface area contributed by atoms with Gasteiger partial charge in [0, 0.05) is 10.7 Å². The van der Waals surface area contributed by atoms with Crippen LogP contribution in [-0.4, -0.2) is 18.1 Å². The zero-order valence-corrected chi connectivity index (χ0v) is 10.3. The van der Waals surface area contributed by atoms with E-state index in [1.807, 2.05) is 0 Å². The zero-order chi connectivity index (χ0) is 13.0. The summed E-state index contributed by atoms with van der Waals surface area (Å²) in [7, 11) is 1.18. The molecule has 0 fully saturated rings. The van der Waals surface area contributed by atoms with E-state index in [4.69, 9.17) is 5.26 Å². The average molecular weight is 305 g/mol. The summed E-state index contributed by atoms with van der Waals surface area (Å²) < 4.78 is 30.0. The number of hydrogen-bond acceptors (Lipinski definition) is 4. The number of pyridine rings is 1. The molecule has 0 atom stereocenters. The fourth-order valence-corrected chi connectivity index (χ4v) is 1.66. The van der Waals surface area contributed by atoms with Crippen molar-refractivity contribution in [1.82, 2.24) is 4.98 Å². The summed E-state index contributed by atoms with van der Waals surface area (Å²) in [6.45, 7) is 0. The molecule has 1 aromatic heterocycles. The number of nitriles is 1. The number of alkyl halides is 2. The van der Waals surface area contributed by atoms with Crippen LogP contribution in [0.25, 0.3) is 0 Å². The molecule has 1 rings (SSSR count). The Morgan fingerprint density at radius 2 is 2.35 bits per heavy atom. The lowest BCUT2D eigenvalue weighted by Crippen LogP contribution is -2.09. The molecule has 0 bridgehead atoms. The maximum atomic E-state index is 12.6. The molecule has 0 saturated carbocycles. The topological polar surface area (TPSA) is 63.0 Å². The van der Waals surface area contributed by atoms with Gasteiger partial charge in [-0.15, -0.1) is 0 Å². The number of hydrogen-bond donors (Lipinski definition) is 0. The van der Waals surface area contributed by atoms with Crippen LogP contribution in [0.4, 0.5) is 8.78 Å². The minimum Gasteiger partial charge on any atom is -0.469 e. The maximum absolute atomic E-state index is 12.6. The Bertz CT molecular complexity index is 486. The molecular formula is C10H7BrF2N2O2. The van der Waals surface area contributed by atoms with E-state index in [9.17, 15) is 13.6 Å². The van der Waals surface area contributed by atoms with E-state index >= 15 is 0 Å². The first kappa shape index (κ1) is 13.5. The SMILES string of the molecule is COC(=O)Cc1c(Br)cnc(C(F)F)c1C#N. The summed E-state index contributed by atoms with van der Waals surface area (Å²) in [5.41, 5.74) is -0.765. The van der Waals surface area contributed by atoms with Crippen molar-refractivity contribution in [3.05, 3.63) is 27.5 Å². The summed E-state index contributed by atoms with van der Waals surface area (Å²) in [5, 5.41) is 8.86. The molecule has 0 aliphatic rings. The summed E-state index contributed by atoms with van der Waals surface area (Å²) in [6.07, 6.45) is -1.99. The Hall–Kier alpha value is -1.55. The van der Waals surface area contributed by atoms with Gasteiger partial charge in [-0.2, -0.15) is 5.26 Å². The molecule has 0 amide bonds. The Morgan fingerprint density at radius 3 is 2.82 bits per heavy atom. The lowest BCUT2D eigenvalue weighted by Gasteiger charge is -2.09. The van der Waals surface area contributed by atoms with Gasteiger partial charge in [0.2, 0.25) is 0 Å². The molecule has 4 nitrogen and oxygen atoms in total. The van der Waals surface area contributed by atoms with Crippen molar-refractivity contribution in [2.45, 2.75) is 12.8 Å². The second-order valence-corrected chi connectivity index (χ2v) is 3.86. The Labute approximate surface area is 104 Å². The highest BCUT2D eigenvalue weighted by Crippen LogP contribution is 2.28. The molecule has 0 aromatic carbocycles. The third kappa shape index (κ3) is 2.97. The summed E-state index contributed by atoms with van der Waals surface area (Å²) >= 11 is 3.06. The van der Waals surface area contributed by atoms with E-state index < -0.39 is 18.1 Å². The second-order valence-electron chi connectivity index (χ2n) is 3.01. The molecule has 0 N–H and O–H groups in total. The van der Waals surface area contributed by atoms with Crippen molar-refractivity contribution in [3.8, 4) is 6.07 Å². The van der Waals surface area contributed by atoms with Gasteiger partial charge < -0.3 is 4.74 Å². The van der Waals surface area contributed by atoms with Crippen molar-refractivity contribution in [2.75, 3.05) is 7.11 Å². The third-order valence-electron chi connectivity index (χ3n) is 2.03. The highest BCUT2D eigenvalue weighted by atomic mass is 79.9. The molecule has 0 radical (unpaired) electrons. The van der Waals surface area contributed by atoms with Crippen LogP contribution in [0, 0.1) is 11.3 Å². The quantitative estimate of drug-likeness (QED) is 0.804. The predicted molar refractivity (Wildman–Crippen MR) is 57.3 cm³/mol. The van der Waals surface area contributed by atoms with Crippen LogP contribution in [0.2, 0.25) is 0 Å².